The van der Waals surface area contributed by atoms with Crippen molar-refractivity contribution < 1.29 is 4.79 Å². The number of fused-ring (bicyclic) bond motifs is 1. The van der Waals surface area contributed by atoms with Gasteiger partial charge in [-0.2, -0.15) is 0 Å². The fourth-order valence-electron chi connectivity index (χ4n) is 1.35. The molecule has 0 radical (unpaired) electrons. The molecule has 0 spiro atoms. The third-order valence-corrected chi connectivity index (χ3v) is 1.97. The molecule has 62 valence electrons. The van der Waals surface area contributed by atoms with Gasteiger partial charge in [0, 0.05) is 12.4 Å². The summed E-state index contributed by atoms with van der Waals surface area (Å²) in [5.74, 6) is -0.0500. The molecule has 2 rings (SSSR count). The van der Waals surface area contributed by atoms with Gasteiger partial charge in [0.25, 0.3) is 5.91 Å². The van der Waals surface area contributed by atoms with Crippen molar-refractivity contribution in [2.24, 2.45) is 0 Å². The van der Waals surface area contributed by atoms with Crippen LogP contribution >= 0.6 is 0 Å². The van der Waals surface area contributed by atoms with Gasteiger partial charge in [0.2, 0.25) is 0 Å². The summed E-state index contributed by atoms with van der Waals surface area (Å²) in [5.41, 5.74) is 1.79. The monoisotopic (exact) mass is 162 g/mol. The Hall–Kier alpha value is -1.51. The predicted molar refractivity (Wildman–Crippen MR) is 45.7 cm³/mol. The number of nitrogens with one attached hydrogen (secondary N) is 2. The Morgan fingerprint density at radius 3 is 3.25 bits per heavy atom. The largest absolute Gasteiger partial charge is 0.357 e. The SMILES string of the molecule is O=C1NC=CCCc2cc[nH]c21. The van der Waals surface area contributed by atoms with Gasteiger partial charge < -0.3 is 10.3 Å². The lowest BCUT2D eigenvalue weighted by molar-refractivity contribution is 0.0964. The Bertz CT molecular complexity index is 325. The average molecular weight is 162 g/mol. The van der Waals surface area contributed by atoms with Gasteiger partial charge in [-0.05, 0) is 24.5 Å². The van der Waals surface area contributed by atoms with E-state index in [1.54, 1.807) is 12.4 Å². The van der Waals surface area contributed by atoms with Crippen LogP contribution in [-0.4, -0.2) is 10.9 Å². The first-order valence-corrected chi connectivity index (χ1v) is 4.00. The van der Waals surface area contributed by atoms with Crippen LogP contribution in [0.4, 0.5) is 0 Å². The molecule has 1 aromatic heterocycles. The Morgan fingerprint density at radius 1 is 1.42 bits per heavy atom. The van der Waals surface area contributed by atoms with E-state index in [2.05, 4.69) is 10.3 Å². The topological polar surface area (TPSA) is 44.9 Å². The molecule has 1 amide bonds. The van der Waals surface area contributed by atoms with Crippen molar-refractivity contribution in [1.82, 2.24) is 10.3 Å². The first-order chi connectivity index (χ1) is 5.88. The highest BCUT2D eigenvalue weighted by Gasteiger charge is 2.11. The maximum absolute atomic E-state index is 11.3. The van der Waals surface area contributed by atoms with Crippen LogP contribution in [-0.2, 0) is 6.42 Å². The van der Waals surface area contributed by atoms with Crippen molar-refractivity contribution in [3.8, 4) is 0 Å². The maximum Gasteiger partial charge on any atom is 0.271 e. The van der Waals surface area contributed by atoms with E-state index in [0.717, 1.165) is 18.4 Å². The van der Waals surface area contributed by atoms with Gasteiger partial charge >= 0.3 is 0 Å². The van der Waals surface area contributed by atoms with E-state index >= 15 is 0 Å². The molecule has 12 heavy (non-hydrogen) atoms. The third kappa shape index (κ3) is 1.13. The molecule has 1 aromatic rings. The van der Waals surface area contributed by atoms with Crippen molar-refractivity contribution in [3.63, 3.8) is 0 Å². The molecular formula is C9H10N2O. The molecule has 0 saturated heterocycles. The Morgan fingerprint density at radius 2 is 2.33 bits per heavy atom. The minimum atomic E-state index is -0.0500. The van der Waals surface area contributed by atoms with Crippen molar-refractivity contribution in [2.45, 2.75) is 12.8 Å². The minimum Gasteiger partial charge on any atom is -0.357 e. The molecule has 0 bridgehead atoms. The van der Waals surface area contributed by atoms with Gasteiger partial charge in [-0.3, -0.25) is 4.79 Å². The molecule has 0 fully saturated rings. The Labute approximate surface area is 70.5 Å². The van der Waals surface area contributed by atoms with E-state index < -0.39 is 0 Å². The number of hydrogen-bond acceptors (Lipinski definition) is 1. The highest BCUT2D eigenvalue weighted by molar-refractivity contribution is 5.94. The fraction of sp³-hybridized carbons (Fsp3) is 0.222. The first kappa shape index (κ1) is 7.16. The highest BCUT2D eigenvalue weighted by atomic mass is 16.1. The van der Waals surface area contributed by atoms with Gasteiger partial charge in [-0.15, -0.1) is 0 Å². The van der Waals surface area contributed by atoms with Gasteiger partial charge in [-0.25, -0.2) is 0 Å². The van der Waals surface area contributed by atoms with Crippen LogP contribution in [0.5, 0.6) is 0 Å². The van der Waals surface area contributed by atoms with Crippen LogP contribution in [0.3, 0.4) is 0 Å². The van der Waals surface area contributed by atoms with Crippen molar-refractivity contribution >= 4 is 5.91 Å². The second-order valence-electron chi connectivity index (χ2n) is 2.79. The lowest BCUT2D eigenvalue weighted by Gasteiger charge is -2.04. The van der Waals surface area contributed by atoms with Gasteiger partial charge in [0.05, 0.1) is 0 Å². The number of rotatable bonds is 0. The lowest BCUT2D eigenvalue weighted by atomic mass is 10.1. The van der Waals surface area contributed by atoms with E-state index in [4.69, 9.17) is 0 Å². The molecule has 0 saturated carbocycles. The number of aryl methyl sites for hydroxylation is 1. The van der Waals surface area contributed by atoms with Crippen LogP contribution in [0, 0.1) is 0 Å². The molecule has 0 unspecified atom stereocenters. The van der Waals surface area contributed by atoms with Gasteiger partial charge in [-0.1, -0.05) is 6.08 Å². The van der Waals surface area contributed by atoms with Crippen LogP contribution in [0.1, 0.15) is 22.5 Å². The summed E-state index contributed by atoms with van der Waals surface area (Å²) < 4.78 is 0. The van der Waals surface area contributed by atoms with E-state index in [9.17, 15) is 4.79 Å². The molecule has 1 aliphatic rings. The van der Waals surface area contributed by atoms with Crippen molar-refractivity contribution in [3.05, 3.63) is 35.8 Å². The quantitative estimate of drug-likeness (QED) is 0.591. The predicted octanol–water partition coefficient (Wildman–Crippen LogP) is 1.20. The third-order valence-electron chi connectivity index (χ3n) is 1.97. The van der Waals surface area contributed by atoms with E-state index in [0.29, 0.717) is 5.69 Å². The van der Waals surface area contributed by atoms with E-state index in [1.165, 1.54) is 0 Å². The van der Waals surface area contributed by atoms with Crippen molar-refractivity contribution in [2.75, 3.05) is 0 Å². The summed E-state index contributed by atoms with van der Waals surface area (Å²) in [7, 11) is 0. The zero-order valence-corrected chi connectivity index (χ0v) is 6.63. The van der Waals surface area contributed by atoms with Crippen molar-refractivity contribution in [1.29, 1.82) is 0 Å². The molecule has 2 heterocycles. The standard InChI is InChI=1S/C9H10N2O/c12-9-8-7(4-6-10-8)3-1-2-5-11-9/h2,4-6,10H,1,3H2,(H,11,12). The van der Waals surface area contributed by atoms with Crippen LogP contribution in [0.25, 0.3) is 0 Å². The smallest absolute Gasteiger partial charge is 0.271 e. The molecule has 2 N–H and O–H groups in total. The number of H-pyrrole nitrogens is 1. The van der Waals surface area contributed by atoms with Gasteiger partial charge in [0.1, 0.15) is 5.69 Å². The number of carbonyl (C=O) groups excluding carboxylic acids is 1. The second-order valence-corrected chi connectivity index (χ2v) is 2.79. The second kappa shape index (κ2) is 2.85. The molecule has 0 atom stereocenters. The number of carbonyl (C=O) groups is 1. The zero-order chi connectivity index (χ0) is 8.39. The van der Waals surface area contributed by atoms with Gasteiger partial charge in [0.15, 0.2) is 0 Å². The molecule has 0 aromatic carbocycles. The summed E-state index contributed by atoms with van der Waals surface area (Å²) in [5, 5.41) is 2.68. The zero-order valence-electron chi connectivity index (χ0n) is 6.63. The van der Waals surface area contributed by atoms with Crippen LogP contribution in [0.15, 0.2) is 24.5 Å². The summed E-state index contributed by atoms with van der Waals surface area (Å²) in [4.78, 5) is 14.3. The summed E-state index contributed by atoms with van der Waals surface area (Å²) >= 11 is 0. The molecule has 0 aliphatic carbocycles. The number of aromatic nitrogens is 1. The summed E-state index contributed by atoms with van der Waals surface area (Å²) in [6, 6.07) is 1.95. The molecular weight excluding hydrogens is 152 g/mol. The number of hydrogen-bond donors (Lipinski definition) is 2. The molecule has 1 aliphatic heterocycles. The van der Waals surface area contributed by atoms with E-state index in [1.807, 2.05) is 12.1 Å². The van der Waals surface area contributed by atoms with Crippen LogP contribution in [0.2, 0.25) is 0 Å². The minimum absolute atomic E-state index is 0.0500. The summed E-state index contributed by atoms with van der Waals surface area (Å²) in [6.07, 6.45) is 7.38. The number of aromatic amines is 1. The summed E-state index contributed by atoms with van der Waals surface area (Å²) in [6.45, 7) is 0. The molecule has 3 heteroatoms. The first-order valence-electron chi connectivity index (χ1n) is 4.00. The molecule has 3 nitrogen and oxygen atoms in total. The van der Waals surface area contributed by atoms with E-state index in [-0.39, 0.29) is 5.91 Å². The lowest BCUT2D eigenvalue weighted by Crippen LogP contribution is -2.20. The van der Waals surface area contributed by atoms with Crippen LogP contribution < -0.4 is 5.32 Å². The maximum atomic E-state index is 11.3. The average Bonchev–Trinajstić information content (AvgIpc) is 2.47. The highest BCUT2D eigenvalue weighted by Crippen LogP contribution is 2.11. The Balaban J connectivity index is 2.38. The Kier molecular flexibility index (Phi) is 1.70. The number of amides is 1. The normalized spacial score (nSPS) is 16.2. The number of allylic oxidation sites excluding steroid dienone is 1. The fourth-order valence-corrected chi connectivity index (χ4v) is 1.35.